The molecule has 0 nitrogen and oxygen atoms in total. The molecule has 0 aliphatic heterocycles. The van der Waals surface area contributed by atoms with Crippen molar-refractivity contribution in [1.29, 1.82) is 0 Å². The van der Waals surface area contributed by atoms with E-state index in [4.69, 9.17) is 0 Å². The molecule has 2 heteroatoms. The maximum atomic E-state index is 2.20. The first-order valence-corrected chi connectivity index (χ1v) is 6.26. The second kappa shape index (κ2) is 3.23. The largest absolute Gasteiger partial charge is 0.152 e. The van der Waals surface area contributed by atoms with E-state index in [0.29, 0.717) is 0 Å². The molecule has 14 heavy (non-hydrogen) atoms. The van der Waals surface area contributed by atoms with Crippen molar-refractivity contribution in [3.63, 3.8) is 0 Å². The van der Waals surface area contributed by atoms with Crippen molar-refractivity contribution in [2.24, 2.45) is 0 Å². The Bertz CT molecular complexity index is 546. The monoisotopic (exact) mass is 216 g/mol. The summed E-state index contributed by atoms with van der Waals surface area (Å²) in [6.45, 7) is 0. The summed E-state index contributed by atoms with van der Waals surface area (Å²) < 4.78 is 1.39. The van der Waals surface area contributed by atoms with Gasteiger partial charge in [-0.25, -0.2) is 0 Å². The van der Waals surface area contributed by atoms with Crippen LogP contribution in [0.1, 0.15) is 0 Å². The first kappa shape index (κ1) is 8.21. The van der Waals surface area contributed by atoms with Crippen molar-refractivity contribution in [2.45, 2.75) is 0 Å². The zero-order valence-corrected chi connectivity index (χ0v) is 9.07. The van der Waals surface area contributed by atoms with E-state index in [0.717, 1.165) is 0 Å². The van der Waals surface area contributed by atoms with Crippen LogP contribution in [0.2, 0.25) is 0 Å². The molecule has 0 radical (unpaired) electrons. The van der Waals surface area contributed by atoms with Crippen LogP contribution in [0.5, 0.6) is 0 Å². The van der Waals surface area contributed by atoms with Gasteiger partial charge in [-0.05, 0) is 39.2 Å². The highest BCUT2D eigenvalue weighted by atomic mass is 32.1. The van der Waals surface area contributed by atoms with Crippen LogP contribution in [0.25, 0.3) is 21.2 Å². The molecule has 2 heterocycles. The summed E-state index contributed by atoms with van der Waals surface area (Å²) in [5.41, 5.74) is 2.70. The van der Waals surface area contributed by atoms with Crippen LogP contribution in [-0.4, -0.2) is 0 Å². The Hall–Kier alpha value is -1.12. The molecule has 0 saturated heterocycles. The Morgan fingerprint density at radius 2 is 1.93 bits per heavy atom. The molecule has 0 spiro atoms. The van der Waals surface area contributed by atoms with Gasteiger partial charge in [0.05, 0.1) is 0 Å². The van der Waals surface area contributed by atoms with Gasteiger partial charge in [-0.2, -0.15) is 11.3 Å². The lowest BCUT2D eigenvalue weighted by Crippen LogP contribution is -1.72. The minimum Gasteiger partial charge on any atom is -0.152 e. The van der Waals surface area contributed by atoms with Gasteiger partial charge >= 0.3 is 0 Å². The van der Waals surface area contributed by atoms with Crippen LogP contribution in [0.15, 0.2) is 46.5 Å². The molecule has 0 saturated carbocycles. The third-order valence-electron chi connectivity index (χ3n) is 2.31. The van der Waals surface area contributed by atoms with Crippen LogP contribution in [0, 0.1) is 0 Å². The highest BCUT2D eigenvalue weighted by Crippen LogP contribution is 2.33. The number of fused-ring (bicyclic) bond motifs is 1. The predicted octanol–water partition coefficient (Wildman–Crippen LogP) is 4.63. The summed E-state index contributed by atoms with van der Waals surface area (Å²) in [7, 11) is 0. The van der Waals surface area contributed by atoms with Crippen LogP contribution < -0.4 is 0 Å². The Labute approximate surface area is 90.5 Å². The number of benzene rings is 1. The van der Waals surface area contributed by atoms with Gasteiger partial charge in [0, 0.05) is 10.3 Å². The molecule has 68 valence electrons. The number of rotatable bonds is 1. The van der Waals surface area contributed by atoms with Crippen molar-refractivity contribution in [2.75, 3.05) is 0 Å². The second-order valence-electron chi connectivity index (χ2n) is 3.16. The third-order valence-corrected chi connectivity index (χ3v) is 3.96. The van der Waals surface area contributed by atoms with E-state index in [9.17, 15) is 0 Å². The highest BCUT2D eigenvalue weighted by molar-refractivity contribution is 7.17. The van der Waals surface area contributed by atoms with Gasteiger partial charge in [-0.3, -0.25) is 0 Å². The van der Waals surface area contributed by atoms with E-state index in [-0.39, 0.29) is 0 Å². The lowest BCUT2D eigenvalue weighted by atomic mass is 10.1. The molecule has 2 aromatic heterocycles. The molecular weight excluding hydrogens is 208 g/mol. The molecule has 1 aromatic carbocycles. The van der Waals surface area contributed by atoms with Gasteiger partial charge in [0.25, 0.3) is 0 Å². The molecule has 0 amide bonds. The van der Waals surface area contributed by atoms with E-state index in [2.05, 4.69) is 46.5 Å². The van der Waals surface area contributed by atoms with Gasteiger partial charge in [-0.1, -0.05) is 18.2 Å². The Morgan fingerprint density at radius 1 is 0.929 bits per heavy atom. The van der Waals surface area contributed by atoms with Gasteiger partial charge in [-0.15, -0.1) is 11.3 Å². The van der Waals surface area contributed by atoms with Crippen molar-refractivity contribution in [1.82, 2.24) is 0 Å². The van der Waals surface area contributed by atoms with Crippen LogP contribution >= 0.6 is 22.7 Å². The van der Waals surface area contributed by atoms with E-state index in [1.807, 2.05) is 11.3 Å². The summed E-state index contributed by atoms with van der Waals surface area (Å²) in [4.78, 5) is 0. The second-order valence-corrected chi connectivity index (χ2v) is 4.85. The lowest BCUT2D eigenvalue weighted by molar-refractivity contribution is 1.79. The molecule has 0 fully saturated rings. The first-order valence-electron chi connectivity index (χ1n) is 4.44. The number of thiophene rings is 2. The summed E-state index contributed by atoms with van der Waals surface area (Å²) in [6, 6.07) is 10.8. The zero-order valence-electron chi connectivity index (χ0n) is 7.44. The van der Waals surface area contributed by atoms with Crippen LogP contribution in [-0.2, 0) is 0 Å². The van der Waals surface area contributed by atoms with E-state index in [1.54, 1.807) is 11.3 Å². The van der Waals surface area contributed by atoms with Crippen molar-refractivity contribution >= 4 is 32.8 Å². The Kier molecular flexibility index (Phi) is 1.89. The molecule has 0 N–H and O–H groups in total. The SMILES string of the molecule is c1cc(-c2ccsc2)c2sccc2c1. The zero-order chi connectivity index (χ0) is 9.38. The molecule has 0 bridgehead atoms. The minimum atomic E-state index is 1.34. The van der Waals surface area contributed by atoms with Crippen molar-refractivity contribution in [3.05, 3.63) is 46.5 Å². The highest BCUT2D eigenvalue weighted by Gasteiger charge is 2.03. The first-order chi connectivity index (χ1) is 6.95. The molecule has 0 unspecified atom stereocenters. The molecule has 3 rings (SSSR count). The topological polar surface area (TPSA) is 0 Å². The smallest absolute Gasteiger partial charge is 0.0421 e. The predicted molar refractivity (Wildman–Crippen MR) is 65.1 cm³/mol. The van der Waals surface area contributed by atoms with Crippen LogP contribution in [0.3, 0.4) is 0 Å². The van der Waals surface area contributed by atoms with Crippen molar-refractivity contribution < 1.29 is 0 Å². The van der Waals surface area contributed by atoms with Gasteiger partial charge in [0.15, 0.2) is 0 Å². The summed E-state index contributed by atoms with van der Waals surface area (Å²) in [5, 5.41) is 7.83. The molecule has 3 aromatic rings. The Morgan fingerprint density at radius 3 is 2.79 bits per heavy atom. The molecular formula is C12H8S2. The quantitative estimate of drug-likeness (QED) is 0.556. The fraction of sp³-hybridized carbons (Fsp3) is 0. The average molecular weight is 216 g/mol. The summed E-state index contributed by atoms with van der Waals surface area (Å²) in [6.07, 6.45) is 0. The van der Waals surface area contributed by atoms with E-state index in [1.165, 1.54) is 21.2 Å². The molecule has 0 aliphatic carbocycles. The summed E-state index contributed by atoms with van der Waals surface area (Å²) in [5.74, 6) is 0. The minimum absolute atomic E-state index is 1.34. The fourth-order valence-electron chi connectivity index (χ4n) is 1.64. The summed E-state index contributed by atoms with van der Waals surface area (Å²) >= 11 is 3.57. The standard InChI is InChI=1S/C12H8S2/c1-2-9-5-7-14-12(9)11(3-1)10-4-6-13-8-10/h1-8H. The van der Waals surface area contributed by atoms with Crippen LogP contribution in [0.4, 0.5) is 0 Å². The van der Waals surface area contributed by atoms with E-state index < -0.39 is 0 Å². The number of hydrogen-bond acceptors (Lipinski definition) is 2. The normalized spacial score (nSPS) is 10.9. The van der Waals surface area contributed by atoms with Crippen molar-refractivity contribution in [3.8, 4) is 11.1 Å². The molecule has 0 atom stereocenters. The Balaban J connectivity index is 2.36. The third kappa shape index (κ3) is 1.19. The van der Waals surface area contributed by atoms with Gasteiger partial charge in [0.1, 0.15) is 0 Å². The number of hydrogen-bond donors (Lipinski definition) is 0. The lowest BCUT2D eigenvalue weighted by Gasteiger charge is -1.98. The fourth-order valence-corrected chi connectivity index (χ4v) is 3.23. The van der Waals surface area contributed by atoms with Gasteiger partial charge in [0.2, 0.25) is 0 Å². The maximum Gasteiger partial charge on any atom is 0.0421 e. The maximum absolute atomic E-state index is 2.20. The average Bonchev–Trinajstić information content (AvgIpc) is 2.88. The van der Waals surface area contributed by atoms with Gasteiger partial charge < -0.3 is 0 Å². The van der Waals surface area contributed by atoms with E-state index >= 15 is 0 Å². The molecule has 0 aliphatic rings.